The second kappa shape index (κ2) is 9.08. The van der Waals surface area contributed by atoms with Crippen molar-refractivity contribution in [2.75, 3.05) is 11.9 Å². The zero-order valence-electron chi connectivity index (χ0n) is 18.5. The van der Waals surface area contributed by atoms with Gasteiger partial charge >= 0.3 is 5.97 Å². The fourth-order valence-corrected chi connectivity index (χ4v) is 3.60. The standard InChI is InChI=1S/C25H29N3O2/c1-7-30-24(29)13-17(4)21-14-22-23(12-16(21)3)27-19(6)28-25(22)26-18(5)20-10-8-9-15(2)11-20/h8-14,18H,7H2,1-6H3,(H,26,27,28)/b17-13+/t18-/m1/s1. The molecule has 1 N–H and O–H groups in total. The smallest absolute Gasteiger partial charge is 0.331 e. The highest BCUT2D eigenvalue weighted by Crippen LogP contribution is 2.30. The molecule has 156 valence electrons. The van der Waals surface area contributed by atoms with Crippen LogP contribution in [0.3, 0.4) is 0 Å². The van der Waals surface area contributed by atoms with Gasteiger partial charge in [-0.2, -0.15) is 0 Å². The van der Waals surface area contributed by atoms with E-state index in [9.17, 15) is 4.79 Å². The van der Waals surface area contributed by atoms with Gasteiger partial charge in [0.25, 0.3) is 0 Å². The molecule has 5 heteroatoms. The summed E-state index contributed by atoms with van der Waals surface area (Å²) in [4.78, 5) is 21.2. The van der Waals surface area contributed by atoms with E-state index in [1.165, 1.54) is 17.2 Å². The number of aromatic nitrogens is 2. The van der Waals surface area contributed by atoms with Gasteiger partial charge in [0.05, 0.1) is 12.1 Å². The number of carbonyl (C=O) groups is 1. The molecule has 1 atom stereocenters. The molecule has 0 spiro atoms. The molecule has 0 aliphatic heterocycles. The van der Waals surface area contributed by atoms with E-state index in [1.54, 1.807) is 6.92 Å². The van der Waals surface area contributed by atoms with E-state index in [2.05, 4.69) is 59.5 Å². The molecular formula is C25H29N3O2. The molecule has 0 amide bonds. The quantitative estimate of drug-likeness (QED) is 0.423. The van der Waals surface area contributed by atoms with Gasteiger partial charge in [0, 0.05) is 17.5 Å². The Morgan fingerprint density at radius 3 is 2.63 bits per heavy atom. The molecule has 0 aliphatic rings. The van der Waals surface area contributed by atoms with Crippen LogP contribution in [0.5, 0.6) is 0 Å². The summed E-state index contributed by atoms with van der Waals surface area (Å²) in [5, 5.41) is 4.48. The van der Waals surface area contributed by atoms with Crippen molar-refractivity contribution in [3.8, 4) is 0 Å². The third-order valence-electron chi connectivity index (χ3n) is 5.09. The minimum absolute atomic E-state index is 0.0864. The van der Waals surface area contributed by atoms with Gasteiger partial charge < -0.3 is 10.1 Å². The highest BCUT2D eigenvalue weighted by atomic mass is 16.5. The number of anilines is 1. The minimum Gasteiger partial charge on any atom is -0.463 e. The van der Waals surface area contributed by atoms with Crippen LogP contribution >= 0.6 is 0 Å². The van der Waals surface area contributed by atoms with Crippen LogP contribution < -0.4 is 5.32 Å². The number of rotatable bonds is 6. The maximum Gasteiger partial charge on any atom is 0.331 e. The van der Waals surface area contributed by atoms with Crippen LogP contribution in [-0.2, 0) is 9.53 Å². The summed E-state index contributed by atoms with van der Waals surface area (Å²) in [6, 6.07) is 12.6. The Labute approximate surface area is 178 Å². The lowest BCUT2D eigenvalue weighted by Gasteiger charge is -2.18. The van der Waals surface area contributed by atoms with Crippen molar-refractivity contribution in [3.63, 3.8) is 0 Å². The number of aryl methyl sites for hydroxylation is 3. The first-order valence-electron chi connectivity index (χ1n) is 10.3. The van der Waals surface area contributed by atoms with E-state index in [0.29, 0.717) is 12.4 Å². The number of fused-ring (bicyclic) bond motifs is 1. The fraction of sp³-hybridized carbons (Fsp3) is 0.320. The molecule has 0 saturated carbocycles. The first-order chi connectivity index (χ1) is 14.3. The van der Waals surface area contributed by atoms with Crippen LogP contribution in [0.2, 0.25) is 0 Å². The molecule has 5 nitrogen and oxygen atoms in total. The van der Waals surface area contributed by atoms with Crippen molar-refractivity contribution < 1.29 is 9.53 Å². The molecule has 1 heterocycles. The predicted molar refractivity (Wildman–Crippen MR) is 123 cm³/mol. The zero-order chi connectivity index (χ0) is 21.8. The molecule has 0 unspecified atom stereocenters. The number of allylic oxidation sites excluding steroid dienone is 1. The van der Waals surface area contributed by atoms with E-state index < -0.39 is 0 Å². The lowest BCUT2D eigenvalue weighted by atomic mass is 9.98. The maximum absolute atomic E-state index is 11.9. The third-order valence-corrected chi connectivity index (χ3v) is 5.09. The van der Waals surface area contributed by atoms with Crippen molar-refractivity contribution in [1.82, 2.24) is 9.97 Å². The third kappa shape index (κ3) is 4.85. The topological polar surface area (TPSA) is 64.1 Å². The van der Waals surface area contributed by atoms with Gasteiger partial charge in [0.1, 0.15) is 11.6 Å². The molecular weight excluding hydrogens is 374 g/mol. The average molecular weight is 404 g/mol. The van der Waals surface area contributed by atoms with Crippen LogP contribution in [0, 0.1) is 20.8 Å². The van der Waals surface area contributed by atoms with E-state index in [0.717, 1.165) is 33.4 Å². The summed E-state index contributed by atoms with van der Waals surface area (Å²) in [5.74, 6) is 1.17. The summed E-state index contributed by atoms with van der Waals surface area (Å²) in [6.45, 7) is 12.2. The second-order valence-electron chi connectivity index (χ2n) is 7.66. The minimum atomic E-state index is -0.332. The Hall–Kier alpha value is -3.21. The number of nitrogens with zero attached hydrogens (tertiary/aromatic N) is 2. The van der Waals surface area contributed by atoms with Gasteiger partial charge in [-0.3, -0.25) is 0 Å². The number of nitrogens with one attached hydrogen (secondary N) is 1. The van der Waals surface area contributed by atoms with Crippen molar-refractivity contribution in [2.45, 2.75) is 47.6 Å². The van der Waals surface area contributed by atoms with Crippen LogP contribution in [-0.4, -0.2) is 22.5 Å². The summed E-state index contributed by atoms with van der Waals surface area (Å²) >= 11 is 0. The van der Waals surface area contributed by atoms with E-state index in [4.69, 9.17) is 4.74 Å². The lowest BCUT2D eigenvalue weighted by molar-refractivity contribution is -0.137. The highest BCUT2D eigenvalue weighted by molar-refractivity contribution is 5.96. The van der Waals surface area contributed by atoms with Gasteiger partial charge in [-0.15, -0.1) is 0 Å². The van der Waals surface area contributed by atoms with Crippen LogP contribution in [0.4, 0.5) is 5.82 Å². The van der Waals surface area contributed by atoms with Crippen LogP contribution in [0.15, 0.2) is 42.5 Å². The normalized spacial score (nSPS) is 12.7. The van der Waals surface area contributed by atoms with Crippen molar-refractivity contribution >= 4 is 28.3 Å². The lowest BCUT2D eigenvalue weighted by Crippen LogP contribution is -2.10. The zero-order valence-corrected chi connectivity index (χ0v) is 18.5. The maximum atomic E-state index is 11.9. The molecule has 2 aromatic carbocycles. The van der Waals surface area contributed by atoms with Gasteiger partial charge in [-0.05, 0) is 75.9 Å². The monoisotopic (exact) mass is 403 g/mol. The Morgan fingerprint density at radius 1 is 1.17 bits per heavy atom. The number of ether oxygens (including phenoxy) is 1. The summed E-state index contributed by atoms with van der Waals surface area (Å²) < 4.78 is 5.06. The molecule has 0 radical (unpaired) electrons. The Bertz CT molecular complexity index is 1120. The number of hydrogen-bond acceptors (Lipinski definition) is 5. The van der Waals surface area contributed by atoms with Gasteiger partial charge in [0.15, 0.2) is 0 Å². The predicted octanol–water partition coefficient (Wildman–Crippen LogP) is 5.69. The first kappa shape index (κ1) is 21.5. The van der Waals surface area contributed by atoms with Crippen molar-refractivity contribution in [2.24, 2.45) is 0 Å². The Balaban J connectivity index is 2.05. The summed E-state index contributed by atoms with van der Waals surface area (Å²) in [5.41, 5.74) is 6.19. The highest BCUT2D eigenvalue weighted by Gasteiger charge is 2.14. The second-order valence-corrected chi connectivity index (χ2v) is 7.66. The van der Waals surface area contributed by atoms with Crippen LogP contribution in [0.25, 0.3) is 16.5 Å². The molecule has 3 rings (SSSR count). The van der Waals surface area contributed by atoms with E-state index in [1.807, 2.05) is 26.8 Å². The van der Waals surface area contributed by atoms with E-state index in [-0.39, 0.29) is 12.0 Å². The number of hydrogen-bond donors (Lipinski definition) is 1. The van der Waals surface area contributed by atoms with Crippen molar-refractivity contribution in [3.05, 3.63) is 70.6 Å². The molecule has 30 heavy (non-hydrogen) atoms. The van der Waals surface area contributed by atoms with Gasteiger partial charge in [-0.25, -0.2) is 14.8 Å². The molecule has 0 bridgehead atoms. The first-order valence-corrected chi connectivity index (χ1v) is 10.3. The largest absolute Gasteiger partial charge is 0.463 e. The molecule has 1 aromatic heterocycles. The SMILES string of the molecule is CCOC(=O)/C=C(\C)c1cc2c(N[C@H](C)c3cccc(C)c3)nc(C)nc2cc1C. The summed E-state index contributed by atoms with van der Waals surface area (Å²) in [6.07, 6.45) is 1.54. The van der Waals surface area contributed by atoms with Crippen molar-refractivity contribution in [1.29, 1.82) is 0 Å². The molecule has 0 saturated heterocycles. The van der Waals surface area contributed by atoms with E-state index >= 15 is 0 Å². The van der Waals surface area contributed by atoms with Crippen LogP contribution in [0.1, 0.15) is 54.9 Å². The van der Waals surface area contributed by atoms with Gasteiger partial charge in [0.2, 0.25) is 0 Å². The fourth-order valence-electron chi connectivity index (χ4n) is 3.60. The number of benzene rings is 2. The Kier molecular flexibility index (Phi) is 6.50. The molecule has 3 aromatic rings. The number of carbonyl (C=O) groups excluding carboxylic acids is 1. The average Bonchev–Trinajstić information content (AvgIpc) is 2.67. The molecule has 0 aliphatic carbocycles. The summed E-state index contributed by atoms with van der Waals surface area (Å²) in [7, 11) is 0. The molecule has 0 fully saturated rings. The Morgan fingerprint density at radius 2 is 1.93 bits per heavy atom. The van der Waals surface area contributed by atoms with Gasteiger partial charge in [-0.1, -0.05) is 29.8 Å². The number of esters is 1.